The molecule has 9 heteroatoms. The summed E-state index contributed by atoms with van der Waals surface area (Å²) >= 11 is 0. The smallest absolute Gasteiger partial charge is 0.181 e. The van der Waals surface area contributed by atoms with E-state index >= 15 is 0 Å². The summed E-state index contributed by atoms with van der Waals surface area (Å²) in [4.78, 5) is 15.3. The quantitative estimate of drug-likeness (QED) is 0.666. The molecule has 8 nitrogen and oxygen atoms in total. The van der Waals surface area contributed by atoms with Crippen LogP contribution in [0, 0.1) is 6.92 Å². The fourth-order valence-electron chi connectivity index (χ4n) is 4.63. The molecule has 4 heterocycles. The van der Waals surface area contributed by atoms with E-state index in [1.165, 1.54) is 0 Å². The first-order valence-corrected chi connectivity index (χ1v) is 10.6. The zero-order valence-corrected chi connectivity index (χ0v) is 17.8. The van der Waals surface area contributed by atoms with Crippen LogP contribution in [0.5, 0.6) is 5.75 Å². The molecule has 2 aliphatic heterocycles. The van der Waals surface area contributed by atoms with Gasteiger partial charge in [0.05, 0.1) is 24.1 Å². The van der Waals surface area contributed by atoms with Gasteiger partial charge in [0.15, 0.2) is 5.82 Å². The maximum Gasteiger partial charge on any atom is 0.181 e. The predicted molar refractivity (Wildman–Crippen MR) is 116 cm³/mol. The van der Waals surface area contributed by atoms with E-state index in [2.05, 4.69) is 25.4 Å². The summed E-state index contributed by atoms with van der Waals surface area (Å²) in [6, 6.07) is 5.37. The normalized spacial score (nSPS) is 25.0. The molecular weight excluding hydrogens is 397 g/mol. The number of phenolic OH excluding ortho intramolecular Hbond substituents is 1. The maximum atomic E-state index is 14.9. The largest absolute Gasteiger partial charge is 0.507 e. The van der Waals surface area contributed by atoms with E-state index in [1.807, 2.05) is 32.0 Å². The zero-order valence-electron chi connectivity index (χ0n) is 17.8. The van der Waals surface area contributed by atoms with E-state index in [0.717, 1.165) is 30.7 Å². The third-order valence-corrected chi connectivity index (χ3v) is 6.56. The Kier molecular flexibility index (Phi) is 4.85. The molecule has 0 aliphatic carbocycles. The number of piperidine rings is 1. The first kappa shape index (κ1) is 19.9. The van der Waals surface area contributed by atoms with Crippen molar-refractivity contribution in [3.63, 3.8) is 0 Å². The van der Waals surface area contributed by atoms with Crippen molar-refractivity contribution in [3.05, 3.63) is 36.4 Å². The number of hydrogen-bond donors (Lipinski definition) is 2. The number of aryl methyl sites for hydroxylation is 2. The average Bonchev–Trinajstić information content (AvgIpc) is 3.34. The summed E-state index contributed by atoms with van der Waals surface area (Å²) in [5.41, 5.74) is 1.85. The van der Waals surface area contributed by atoms with Crippen molar-refractivity contribution in [3.8, 4) is 28.4 Å². The van der Waals surface area contributed by atoms with E-state index in [4.69, 9.17) is 0 Å². The number of rotatable bonds is 4. The molecule has 31 heavy (non-hydrogen) atoms. The highest BCUT2D eigenvalue weighted by Gasteiger charge is 2.43. The third kappa shape index (κ3) is 3.52. The van der Waals surface area contributed by atoms with Crippen molar-refractivity contribution in [2.24, 2.45) is 7.05 Å². The van der Waals surface area contributed by atoms with Gasteiger partial charge >= 0.3 is 0 Å². The number of aromatic hydroxyl groups is 1. The lowest BCUT2D eigenvalue weighted by atomic mass is 9.96. The van der Waals surface area contributed by atoms with Crippen molar-refractivity contribution in [2.45, 2.75) is 50.5 Å². The van der Waals surface area contributed by atoms with Crippen molar-refractivity contribution >= 4 is 5.82 Å². The van der Waals surface area contributed by atoms with Crippen LogP contribution in [0.2, 0.25) is 0 Å². The summed E-state index contributed by atoms with van der Waals surface area (Å²) in [5, 5.41) is 18.3. The van der Waals surface area contributed by atoms with Crippen LogP contribution in [-0.2, 0) is 7.05 Å². The Morgan fingerprint density at radius 1 is 1.23 bits per heavy atom. The molecule has 2 unspecified atom stereocenters. The predicted octanol–water partition coefficient (Wildman–Crippen LogP) is 2.62. The Labute approximate surface area is 180 Å². The van der Waals surface area contributed by atoms with Crippen molar-refractivity contribution < 1.29 is 9.50 Å². The molecule has 5 rings (SSSR count). The van der Waals surface area contributed by atoms with Crippen LogP contribution in [-0.4, -0.2) is 61.2 Å². The van der Waals surface area contributed by atoms with Crippen molar-refractivity contribution in [1.29, 1.82) is 0 Å². The standard InChI is InChI=1S/C22H26FN7O/c1-12-26-22(28-30(12)3)13-4-6-15(19(31)8-13)17-10-25-20(11-24-17)29(2)18-9-14-5-7-16(27-14)21(18)23/h4,6,8,10-11,14,16,18,21,27,31H,5,7,9H2,1-3H3/t14?,16?,18-,21+/m1/s1. The highest BCUT2D eigenvalue weighted by Crippen LogP contribution is 2.34. The molecule has 1 aromatic carbocycles. The van der Waals surface area contributed by atoms with Gasteiger partial charge in [-0.2, -0.15) is 5.10 Å². The summed E-state index contributed by atoms with van der Waals surface area (Å²) < 4.78 is 16.6. The van der Waals surface area contributed by atoms with Crippen molar-refractivity contribution in [2.75, 3.05) is 11.9 Å². The van der Waals surface area contributed by atoms with E-state index in [9.17, 15) is 9.50 Å². The number of benzene rings is 1. The molecule has 0 spiro atoms. The van der Waals surface area contributed by atoms with Gasteiger partial charge in [-0.05, 0) is 38.3 Å². The van der Waals surface area contributed by atoms with Gasteiger partial charge in [-0.1, -0.05) is 6.07 Å². The van der Waals surface area contributed by atoms with Gasteiger partial charge in [0.2, 0.25) is 0 Å². The number of phenols is 1. The van der Waals surface area contributed by atoms with Gasteiger partial charge < -0.3 is 15.3 Å². The van der Waals surface area contributed by atoms with Crippen LogP contribution >= 0.6 is 0 Å². The van der Waals surface area contributed by atoms with Crippen molar-refractivity contribution in [1.82, 2.24) is 30.0 Å². The van der Waals surface area contributed by atoms with E-state index < -0.39 is 6.17 Å². The molecule has 2 aromatic heterocycles. The number of nitrogens with one attached hydrogen (secondary N) is 1. The van der Waals surface area contributed by atoms with Gasteiger partial charge in [0.1, 0.15) is 23.6 Å². The average molecular weight is 423 g/mol. The molecule has 2 bridgehead atoms. The Morgan fingerprint density at radius 2 is 2.06 bits per heavy atom. The zero-order chi connectivity index (χ0) is 21.7. The van der Waals surface area contributed by atoms with E-state index in [1.54, 1.807) is 29.2 Å². The van der Waals surface area contributed by atoms with E-state index in [-0.39, 0.29) is 17.8 Å². The van der Waals surface area contributed by atoms with Gasteiger partial charge in [-0.25, -0.2) is 14.4 Å². The van der Waals surface area contributed by atoms with Crippen LogP contribution in [0.3, 0.4) is 0 Å². The molecule has 2 saturated heterocycles. The molecule has 0 saturated carbocycles. The first-order valence-electron chi connectivity index (χ1n) is 10.6. The van der Waals surface area contributed by atoms with Gasteiger partial charge in [0, 0.05) is 37.3 Å². The summed E-state index contributed by atoms with van der Waals surface area (Å²) in [7, 11) is 3.70. The minimum Gasteiger partial charge on any atom is -0.507 e. The molecule has 2 aliphatic rings. The number of aromatic nitrogens is 5. The third-order valence-electron chi connectivity index (χ3n) is 6.56. The number of nitrogens with zero attached hydrogens (tertiary/aromatic N) is 6. The Balaban J connectivity index is 1.36. The lowest BCUT2D eigenvalue weighted by Crippen LogP contribution is -2.55. The fourth-order valence-corrected chi connectivity index (χ4v) is 4.63. The highest BCUT2D eigenvalue weighted by atomic mass is 19.1. The Hall–Kier alpha value is -3.07. The molecule has 3 aromatic rings. The molecule has 2 fully saturated rings. The Bertz CT molecular complexity index is 1080. The van der Waals surface area contributed by atoms with Gasteiger partial charge in [-0.15, -0.1) is 0 Å². The lowest BCUT2D eigenvalue weighted by Gasteiger charge is -2.38. The number of halogens is 1. The molecule has 2 N–H and O–H groups in total. The minimum atomic E-state index is -0.925. The second kappa shape index (κ2) is 7.56. The Morgan fingerprint density at radius 3 is 2.74 bits per heavy atom. The molecule has 162 valence electrons. The monoisotopic (exact) mass is 423 g/mol. The summed E-state index contributed by atoms with van der Waals surface area (Å²) in [6.45, 7) is 1.87. The fraction of sp³-hybridized carbons (Fsp3) is 0.455. The second-order valence-electron chi connectivity index (χ2n) is 8.50. The number of anilines is 1. The number of alkyl halides is 1. The molecule has 0 amide bonds. The van der Waals surface area contributed by atoms with Crippen LogP contribution < -0.4 is 10.2 Å². The van der Waals surface area contributed by atoms with E-state index in [0.29, 0.717) is 28.9 Å². The molecule has 4 atom stereocenters. The second-order valence-corrected chi connectivity index (χ2v) is 8.50. The number of fused-ring (bicyclic) bond motifs is 2. The lowest BCUT2D eigenvalue weighted by molar-refractivity contribution is 0.176. The SMILES string of the molecule is Cc1nc(-c2ccc(-c3cnc(N(C)[C@@H]4CC5CCC(N5)[C@@H]4F)cn3)c(O)c2)nn1C. The minimum absolute atomic E-state index is 0.0636. The van der Waals surface area contributed by atoms with Crippen LogP contribution in [0.25, 0.3) is 22.6 Å². The van der Waals surface area contributed by atoms with Gasteiger partial charge in [-0.3, -0.25) is 9.67 Å². The maximum absolute atomic E-state index is 14.9. The van der Waals surface area contributed by atoms with Gasteiger partial charge in [0.25, 0.3) is 0 Å². The molecular formula is C22H26FN7O. The summed E-state index contributed by atoms with van der Waals surface area (Å²) in [6.07, 6.45) is 5.02. The highest BCUT2D eigenvalue weighted by molar-refractivity contribution is 5.71. The summed E-state index contributed by atoms with van der Waals surface area (Å²) in [5.74, 6) is 2.06. The first-order chi connectivity index (χ1) is 14.9. The van der Waals surface area contributed by atoms with Crippen LogP contribution in [0.15, 0.2) is 30.6 Å². The van der Waals surface area contributed by atoms with Crippen LogP contribution in [0.1, 0.15) is 25.1 Å². The topological polar surface area (TPSA) is 92.0 Å². The van der Waals surface area contributed by atoms with Crippen LogP contribution in [0.4, 0.5) is 10.2 Å². The molecule has 0 radical (unpaired) electrons. The number of hydrogen-bond acceptors (Lipinski definition) is 7.